The molecule has 1 aliphatic carbocycles. The highest BCUT2D eigenvalue weighted by molar-refractivity contribution is 5.79. The van der Waals surface area contributed by atoms with Crippen LogP contribution >= 0.6 is 0 Å². The fraction of sp³-hybridized carbons (Fsp3) is 0.414. The normalized spacial score (nSPS) is 18.3. The average Bonchev–Trinajstić information content (AvgIpc) is 3.43. The van der Waals surface area contributed by atoms with Gasteiger partial charge in [-0.1, -0.05) is 30.3 Å². The summed E-state index contributed by atoms with van der Waals surface area (Å²) in [5, 5.41) is 0. The van der Waals surface area contributed by atoms with Crippen LogP contribution in [-0.2, 0) is 17.6 Å². The number of carbonyl (C=O) groups is 1. The van der Waals surface area contributed by atoms with Crippen LogP contribution in [-0.4, -0.2) is 59.7 Å². The third kappa shape index (κ3) is 5.78. The maximum Gasteiger partial charge on any atom is 0.229 e. The summed E-state index contributed by atoms with van der Waals surface area (Å²) in [6.07, 6.45) is 10.9. The number of carbonyl (C=O) groups excluding carboxylic acids is 1. The number of aromatic nitrogens is 2. The van der Waals surface area contributed by atoms with Crippen LogP contribution in [0.4, 0.5) is 5.69 Å². The molecule has 2 aromatic carbocycles. The zero-order valence-electron chi connectivity index (χ0n) is 20.9. The number of rotatable bonds is 8. The molecule has 1 saturated carbocycles. The van der Waals surface area contributed by atoms with E-state index in [1.54, 1.807) is 25.7 Å². The lowest BCUT2D eigenvalue weighted by atomic mass is 10.0. The van der Waals surface area contributed by atoms with Gasteiger partial charge in [-0.3, -0.25) is 14.8 Å². The predicted octanol–water partition coefficient (Wildman–Crippen LogP) is 4.31. The maximum atomic E-state index is 13.3. The van der Waals surface area contributed by atoms with E-state index in [0.29, 0.717) is 12.2 Å². The zero-order valence-corrected chi connectivity index (χ0v) is 20.9. The summed E-state index contributed by atoms with van der Waals surface area (Å²) in [5.74, 6) is 1.67. The van der Waals surface area contributed by atoms with Crippen LogP contribution < -0.4 is 14.4 Å². The number of hydrogen-bond donors (Lipinski definition) is 0. The molecule has 5 rings (SSSR count). The number of amides is 1. The summed E-state index contributed by atoms with van der Waals surface area (Å²) in [6, 6.07) is 16.6. The maximum absolute atomic E-state index is 13.3. The molecule has 1 atom stereocenters. The molecule has 1 saturated heterocycles. The average molecular weight is 487 g/mol. The molecule has 1 amide bonds. The van der Waals surface area contributed by atoms with Gasteiger partial charge in [0.15, 0.2) is 11.5 Å². The van der Waals surface area contributed by atoms with Gasteiger partial charge >= 0.3 is 0 Å². The van der Waals surface area contributed by atoms with Gasteiger partial charge in [-0.05, 0) is 49.8 Å². The lowest BCUT2D eigenvalue weighted by Crippen LogP contribution is -2.56. The molecule has 3 aromatic rings. The Labute approximate surface area is 213 Å². The predicted molar refractivity (Wildman–Crippen MR) is 139 cm³/mol. The number of ether oxygens (including phenoxy) is 2. The number of anilines is 1. The van der Waals surface area contributed by atoms with Crippen molar-refractivity contribution in [3.63, 3.8) is 0 Å². The molecule has 7 nitrogen and oxygen atoms in total. The molecule has 2 fully saturated rings. The number of methoxy groups -OCH3 is 1. The zero-order chi connectivity index (χ0) is 24.7. The Morgan fingerprint density at radius 3 is 2.61 bits per heavy atom. The molecule has 0 spiro atoms. The molecule has 2 heterocycles. The highest BCUT2D eigenvalue weighted by Gasteiger charge is 2.31. The minimum Gasteiger partial charge on any atom is -0.493 e. The first kappa shape index (κ1) is 24.1. The minimum atomic E-state index is 0.0478. The Balaban J connectivity index is 1.35. The van der Waals surface area contributed by atoms with Crippen molar-refractivity contribution in [2.45, 2.75) is 50.7 Å². The fourth-order valence-electron chi connectivity index (χ4n) is 5.30. The smallest absolute Gasteiger partial charge is 0.229 e. The number of hydrogen-bond acceptors (Lipinski definition) is 6. The second-order valence-electron chi connectivity index (χ2n) is 9.61. The summed E-state index contributed by atoms with van der Waals surface area (Å²) in [6.45, 7) is 2.16. The second kappa shape index (κ2) is 11.4. The monoisotopic (exact) mass is 486 g/mol. The molecule has 2 aliphatic rings. The SMILES string of the molecule is COc1ccc(N2CCN(C(=O)Cc3cnccn3)[C@@H](Cc3ccccc3)C2)cc1OC1CCCC1. The third-order valence-electron chi connectivity index (χ3n) is 7.17. The van der Waals surface area contributed by atoms with E-state index in [0.717, 1.165) is 49.5 Å². The van der Waals surface area contributed by atoms with Crippen molar-refractivity contribution in [1.29, 1.82) is 0 Å². The van der Waals surface area contributed by atoms with Crippen LogP contribution in [0.2, 0.25) is 0 Å². The molecule has 0 unspecified atom stereocenters. The molecule has 0 N–H and O–H groups in total. The number of benzene rings is 2. The molecule has 1 aromatic heterocycles. The van der Waals surface area contributed by atoms with E-state index in [2.05, 4.69) is 51.3 Å². The number of piperazine rings is 1. The van der Waals surface area contributed by atoms with Crippen LogP contribution in [0.25, 0.3) is 0 Å². The molecule has 0 bridgehead atoms. The molecule has 1 aliphatic heterocycles. The van der Waals surface area contributed by atoms with Crippen molar-refractivity contribution in [3.05, 3.63) is 78.4 Å². The topological polar surface area (TPSA) is 67.8 Å². The summed E-state index contributed by atoms with van der Waals surface area (Å²) in [7, 11) is 1.69. The van der Waals surface area contributed by atoms with Gasteiger partial charge in [-0.25, -0.2) is 0 Å². The van der Waals surface area contributed by atoms with E-state index in [4.69, 9.17) is 9.47 Å². The van der Waals surface area contributed by atoms with E-state index < -0.39 is 0 Å². The summed E-state index contributed by atoms with van der Waals surface area (Å²) < 4.78 is 11.9. The second-order valence-corrected chi connectivity index (χ2v) is 9.61. The summed E-state index contributed by atoms with van der Waals surface area (Å²) in [4.78, 5) is 26.2. The van der Waals surface area contributed by atoms with Gasteiger partial charge in [0.05, 0.1) is 31.4 Å². The van der Waals surface area contributed by atoms with Crippen LogP contribution in [0.15, 0.2) is 67.1 Å². The first-order valence-corrected chi connectivity index (χ1v) is 12.9. The highest BCUT2D eigenvalue weighted by Crippen LogP contribution is 2.36. The summed E-state index contributed by atoms with van der Waals surface area (Å²) in [5.41, 5.74) is 3.02. The molecule has 7 heteroatoms. The van der Waals surface area contributed by atoms with Gasteiger partial charge in [0.1, 0.15) is 0 Å². The van der Waals surface area contributed by atoms with Crippen molar-refractivity contribution in [3.8, 4) is 11.5 Å². The van der Waals surface area contributed by atoms with Gasteiger partial charge in [0, 0.05) is 50.0 Å². The van der Waals surface area contributed by atoms with Crippen molar-refractivity contribution in [1.82, 2.24) is 14.9 Å². The Bertz CT molecular complexity index is 1140. The van der Waals surface area contributed by atoms with E-state index in [1.165, 1.54) is 18.4 Å². The Hall–Kier alpha value is -3.61. The van der Waals surface area contributed by atoms with Gasteiger partial charge in [-0.15, -0.1) is 0 Å². The van der Waals surface area contributed by atoms with Crippen molar-refractivity contribution in [2.75, 3.05) is 31.6 Å². The van der Waals surface area contributed by atoms with Crippen molar-refractivity contribution >= 4 is 11.6 Å². The first-order valence-electron chi connectivity index (χ1n) is 12.9. The lowest BCUT2D eigenvalue weighted by Gasteiger charge is -2.43. The lowest BCUT2D eigenvalue weighted by molar-refractivity contribution is -0.133. The minimum absolute atomic E-state index is 0.0478. The Kier molecular flexibility index (Phi) is 7.64. The van der Waals surface area contributed by atoms with E-state index in [1.807, 2.05) is 17.0 Å². The molecule has 188 valence electrons. The molecule has 36 heavy (non-hydrogen) atoms. The van der Waals surface area contributed by atoms with E-state index in [9.17, 15) is 4.79 Å². The standard InChI is InChI=1S/C29H34N4O3/c1-35-27-12-11-24(19-28(27)36-26-9-5-6-10-26)32-15-16-33(29(34)18-23-20-30-13-14-31-23)25(21-32)17-22-7-3-2-4-8-22/h2-4,7-8,11-14,19-20,25-26H,5-6,9-10,15-18,21H2,1H3/t25-/m0/s1. The van der Waals surface area contributed by atoms with Crippen molar-refractivity contribution in [2.24, 2.45) is 0 Å². The van der Waals surface area contributed by atoms with Gasteiger partial charge < -0.3 is 19.3 Å². The number of nitrogens with zero attached hydrogens (tertiary/aromatic N) is 4. The van der Waals surface area contributed by atoms with E-state index >= 15 is 0 Å². The molecular weight excluding hydrogens is 452 g/mol. The quantitative estimate of drug-likeness (QED) is 0.473. The van der Waals surface area contributed by atoms with Crippen LogP contribution in [0.1, 0.15) is 36.9 Å². The summed E-state index contributed by atoms with van der Waals surface area (Å²) >= 11 is 0. The van der Waals surface area contributed by atoms with E-state index in [-0.39, 0.29) is 24.5 Å². The molecule has 0 radical (unpaired) electrons. The fourth-order valence-corrected chi connectivity index (χ4v) is 5.30. The third-order valence-corrected chi connectivity index (χ3v) is 7.17. The highest BCUT2D eigenvalue weighted by atomic mass is 16.5. The van der Waals surface area contributed by atoms with Crippen molar-refractivity contribution < 1.29 is 14.3 Å². The van der Waals surface area contributed by atoms with Gasteiger partial charge in [0.25, 0.3) is 0 Å². The molecular formula is C29H34N4O3. The Morgan fingerprint density at radius 1 is 1.03 bits per heavy atom. The largest absolute Gasteiger partial charge is 0.493 e. The van der Waals surface area contributed by atoms with Crippen LogP contribution in [0.3, 0.4) is 0 Å². The van der Waals surface area contributed by atoms with Crippen LogP contribution in [0.5, 0.6) is 11.5 Å². The first-order chi connectivity index (χ1) is 17.7. The van der Waals surface area contributed by atoms with Gasteiger partial charge in [0.2, 0.25) is 5.91 Å². The Morgan fingerprint density at radius 2 is 1.86 bits per heavy atom. The van der Waals surface area contributed by atoms with Crippen LogP contribution in [0, 0.1) is 0 Å². The van der Waals surface area contributed by atoms with Gasteiger partial charge in [-0.2, -0.15) is 0 Å².